The zero-order chi connectivity index (χ0) is 20.5. The molecule has 8 heteroatoms. The molecule has 3 aromatic rings. The summed E-state index contributed by atoms with van der Waals surface area (Å²) < 4.78 is 53.4. The number of alkyl halides is 3. The standard InChI is InChI=1S/C20H17F4N3O/c1-3-26(16-9-7-15(21)8-10-16)19(28)18-12-25-27(13(18)2)17-6-4-5-14(11-17)20(22,23)24/h4-12H,3H2,1-2H3. The SMILES string of the molecule is CCN(C(=O)c1cnn(-c2cccc(C(F)(F)F)c2)c1C)c1ccc(F)cc1. The van der Waals surface area contributed by atoms with Crippen molar-refractivity contribution in [1.82, 2.24) is 9.78 Å². The summed E-state index contributed by atoms with van der Waals surface area (Å²) in [4.78, 5) is 14.4. The van der Waals surface area contributed by atoms with E-state index < -0.39 is 17.6 Å². The van der Waals surface area contributed by atoms with Gasteiger partial charge in [-0.3, -0.25) is 4.79 Å². The van der Waals surface area contributed by atoms with E-state index in [4.69, 9.17) is 0 Å². The number of benzene rings is 2. The second-order valence-corrected chi connectivity index (χ2v) is 6.13. The van der Waals surface area contributed by atoms with Gasteiger partial charge >= 0.3 is 6.18 Å². The Hall–Kier alpha value is -3.16. The van der Waals surface area contributed by atoms with E-state index in [1.165, 1.54) is 52.2 Å². The first-order chi connectivity index (χ1) is 13.2. The fourth-order valence-corrected chi connectivity index (χ4v) is 2.90. The van der Waals surface area contributed by atoms with Crippen molar-refractivity contribution < 1.29 is 22.4 Å². The van der Waals surface area contributed by atoms with Crippen molar-refractivity contribution in [3.8, 4) is 5.69 Å². The Morgan fingerprint density at radius 1 is 1.14 bits per heavy atom. The minimum atomic E-state index is -4.47. The first-order valence-electron chi connectivity index (χ1n) is 8.52. The van der Waals surface area contributed by atoms with Gasteiger partial charge in [0.2, 0.25) is 0 Å². The highest BCUT2D eigenvalue weighted by atomic mass is 19.4. The summed E-state index contributed by atoms with van der Waals surface area (Å²) in [7, 11) is 0. The molecule has 0 radical (unpaired) electrons. The highest BCUT2D eigenvalue weighted by molar-refractivity contribution is 6.06. The summed E-state index contributed by atoms with van der Waals surface area (Å²) in [6.45, 7) is 3.71. The first kappa shape index (κ1) is 19.6. The lowest BCUT2D eigenvalue weighted by atomic mass is 10.1. The third-order valence-corrected chi connectivity index (χ3v) is 4.36. The second-order valence-electron chi connectivity index (χ2n) is 6.13. The van der Waals surface area contributed by atoms with Gasteiger partial charge in [0.05, 0.1) is 28.7 Å². The van der Waals surface area contributed by atoms with E-state index >= 15 is 0 Å². The highest BCUT2D eigenvalue weighted by Crippen LogP contribution is 2.30. The molecular formula is C20H17F4N3O. The van der Waals surface area contributed by atoms with Gasteiger partial charge in [0, 0.05) is 12.2 Å². The van der Waals surface area contributed by atoms with Crippen molar-refractivity contribution >= 4 is 11.6 Å². The number of nitrogens with zero attached hydrogens (tertiary/aromatic N) is 3. The van der Waals surface area contributed by atoms with E-state index in [0.29, 0.717) is 17.9 Å². The van der Waals surface area contributed by atoms with Crippen LogP contribution in [0.25, 0.3) is 5.69 Å². The van der Waals surface area contributed by atoms with Crippen molar-refractivity contribution in [2.24, 2.45) is 0 Å². The molecule has 1 amide bonds. The Labute approximate surface area is 159 Å². The van der Waals surface area contributed by atoms with Crippen LogP contribution in [0.1, 0.15) is 28.5 Å². The minimum Gasteiger partial charge on any atom is -0.309 e. The van der Waals surface area contributed by atoms with Crippen LogP contribution in [0.3, 0.4) is 0 Å². The zero-order valence-electron chi connectivity index (χ0n) is 15.2. The molecule has 28 heavy (non-hydrogen) atoms. The Bertz CT molecular complexity index is 993. The topological polar surface area (TPSA) is 38.1 Å². The number of carbonyl (C=O) groups is 1. The number of hydrogen-bond donors (Lipinski definition) is 0. The van der Waals surface area contributed by atoms with E-state index in [9.17, 15) is 22.4 Å². The van der Waals surface area contributed by atoms with Crippen LogP contribution in [0.15, 0.2) is 54.7 Å². The number of amides is 1. The molecule has 0 saturated carbocycles. The van der Waals surface area contributed by atoms with Crippen LogP contribution in [-0.2, 0) is 6.18 Å². The van der Waals surface area contributed by atoms with Crippen molar-refractivity contribution in [3.63, 3.8) is 0 Å². The van der Waals surface area contributed by atoms with Crippen LogP contribution in [0, 0.1) is 12.7 Å². The molecule has 0 saturated heterocycles. The Morgan fingerprint density at radius 2 is 1.82 bits per heavy atom. The molecule has 2 aromatic carbocycles. The minimum absolute atomic E-state index is 0.205. The molecule has 1 heterocycles. The lowest BCUT2D eigenvalue weighted by molar-refractivity contribution is -0.137. The van der Waals surface area contributed by atoms with Gasteiger partial charge in [0.1, 0.15) is 5.82 Å². The van der Waals surface area contributed by atoms with Crippen LogP contribution in [-0.4, -0.2) is 22.2 Å². The van der Waals surface area contributed by atoms with E-state index in [1.54, 1.807) is 13.8 Å². The molecule has 3 rings (SSSR count). The zero-order valence-corrected chi connectivity index (χ0v) is 15.2. The number of anilines is 1. The van der Waals surface area contributed by atoms with Crippen LogP contribution >= 0.6 is 0 Å². The van der Waals surface area contributed by atoms with Crippen molar-refractivity contribution in [2.75, 3.05) is 11.4 Å². The fourth-order valence-electron chi connectivity index (χ4n) is 2.90. The molecule has 0 unspecified atom stereocenters. The summed E-state index contributed by atoms with van der Waals surface area (Å²) in [6.07, 6.45) is -3.15. The number of hydrogen-bond acceptors (Lipinski definition) is 2. The van der Waals surface area contributed by atoms with Crippen molar-refractivity contribution in [3.05, 3.63) is 77.4 Å². The first-order valence-corrected chi connectivity index (χ1v) is 8.52. The van der Waals surface area contributed by atoms with Gasteiger partial charge < -0.3 is 4.90 Å². The normalized spacial score (nSPS) is 11.5. The van der Waals surface area contributed by atoms with Crippen LogP contribution in [0.5, 0.6) is 0 Å². The van der Waals surface area contributed by atoms with Crippen molar-refractivity contribution in [1.29, 1.82) is 0 Å². The lowest BCUT2D eigenvalue weighted by Crippen LogP contribution is -2.31. The van der Waals surface area contributed by atoms with Crippen LogP contribution < -0.4 is 4.90 Å². The largest absolute Gasteiger partial charge is 0.416 e. The molecule has 0 spiro atoms. The smallest absolute Gasteiger partial charge is 0.309 e. The molecule has 0 aliphatic heterocycles. The average molecular weight is 391 g/mol. The maximum absolute atomic E-state index is 13.2. The molecule has 0 N–H and O–H groups in total. The molecule has 0 atom stereocenters. The summed E-state index contributed by atoms with van der Waals surface area (Å²) in [6, 6.07) is 10.2. The monoisotopic (exact) mass is 391 g/mol. The number of rotatable bonds is 4. The summed E-state index contributed by atoms with van der Waals surface area (Å²) in [5, 5.41) is 4.10. The van der Waals surface area contributed by atoms with Gasteiger partial charge in [-0.2, -0.15) is 18.3 Å². The van der Waals surface area contributed by atoms with E-state index in [1.807, 2.05) is 0 Å². The molecule has 0 fully saturated rings. The molecule has 0 aliphatic carbocycles. The second kappa shape index (κ2) is 7.46. The van der Waals surface area contributed by atoms with Crippen LogP contribution in [0.2, 0.25) is 0 Å². The third kappa shape index (κ3) is 3.76. The Morgan fingerprint density at radius 3 is 2.43 bits per heavy atom. The summed E-state index contributed by atoms with van der Waals surface area (Å²) in [5.41, 5.74) is 0.582. The van der Waals surface area contributed by atoms with Gasteiger partial charge in [-0.1, -0.05) is 6.07 Å². The predicted molar refractivity (Wildman–Crippen MR) is 97.1 cm³/mol. The molecule has 0 bridgehead atoms. The van der Waals surface area contributed by atoms with E-state index in [2.05, 4.69) is 5.10 Å². The highest BCUT2D eigenvalue weighted by Gasteiger charge is 2.31. The maximum atomic E-state index is 13.2. The Balaban J connectivity index is 1.96. The quantitative estimate of drug-likeness (QED) is 0.587. The van der Waals surface area contributed by atoms with Crippen molar-refractivity contribution in [2.45, 2.75) is 20.0 Å². The van der Waals surface area contributed by atoms with Gasteiger partial charge in [-0.05, 0) is 56.3 Å². The summed E-state index contributed by atoms with van der Waals surface area (Å²) in [5.74, 6) is -0.786. The summed E-state index contributed by atoms with van der Waals surface area (Å²) >= 11 is 0. The van der Waals surface area contributed by atoms with Gasteiger partial charge in [-0.15, -0.1) is 0 Å². The van der Waals surface area contributed by atoms with Crippen LogP contribution in [0.4, 0.5) is 23.2 Å². The Kier molecular flexibility index (Phi) is 5.22. The number of halogens is 4. The van der Waals surface area contributed by atoms with E-state index in [0.717, 1.165) is 12.1 Å². The van der Waals surface area contributed by atoms with Gasteiger partial charge in [-0.25, -0.2) is 9.07 Å². The molecular weight excluding hydrogens is 374 g/mol. The third-order valence-electron chi connectivity index (χ3n) is 4.36. The number of aromatic nitrogens is 2. The number of carbonyl (C=O) groups excluding carboxylic acids is 1. The fraction of sp³-hybridized carbons (Fsp3) is 0.200. The predicted octanol–water partition coefficient (Wildman–Crippen LogP) is 5.01. The average Bonchev–Trinajstić information content (AvgIpc) is 3.04. The van der Waals surface area contributed by atoms with Gasteiger partial charge in [0.15, 0.2) is 0 Å². The molecule has 146 valence electrons. The molecule has 4 nitrogen and oxygen atoms in total. The lowest BCUT2D eigenvalue weighted by Gasteiger charge is -2.21. The van der Waals surface area contributed by atoms with Gasteiger partial charge in [0.25, 0.3) is 5.91 Å². The molecule has 0 aliphatic rings. The van der Waals surface area contributed by atoms with E-state index in [-0.39, 0.29) is 17.2 Å². The maximum Gasteiger partial charge on any atom is 0.416 e. The molecule has 1 aromatic heterocycles.